The fraction of sp³-hybridized carbons (Fsp3) is 0.467. The Balaban J connectivity index is 1.99. The number of nitrogens with one attached hydrogen (secondary N) is 1. The molecule has 5 nitrogen and oxygen atoms in total. The van der Waals surface area contributed by atoms with E-state index in [-0.39, 0.29) is 23.7 Å². The first-order valence-electron chi connectivity index (χ1n) is 7.00. The van der Waals surface area contributed by atoms with E-state index >= 15 is 0 Å². The molecule has 0 saturated heterocycles. The molecular weight excluding hydrogens is 254 g/mol. The van der Waals surface area contributed by atoms with Crippen LogP contribution in [0.25, 0.3) is 0 Å². The van der Waals surface area contributed by atoms with E-state index in [1.807, 2.05) is 19.1 Å². The van der Waals surface area contributed by atoms with Gasteiger partial charge in [-0.2, -0.15) is 0 Å². The molecule has 1 atom stereocenters. The first kappa shape index (κ1) is 14.4. The Kier molecular flexibility index (Phi) is 4.61. The molecule has 0 fully saturated rings. The smallest absolute Gasteiger partial charge is 0.224 e. The number of hydrogen-bond donors (Lipinski definition) is 3. The molecule has 1 amide bonds. The van der Waals surface area contributed by atoms with Crippen LogP contribution < -0.4 is 11.1 Å². The highest BCUT2D eigenvalue weighted by molar-refractivity contribution is 5.90. The lowest BCUT2D eigenvalue weighted by atomic mass is 10.0. The first-order chi connectivity index (χ1) is 9.65. The van der Waals surface area contributed by atoms with Crippen molar-refractivity contribution in [1.29, 1.82) is 0 Å². The van der Waals surface area contributed by atoms with E-state index in [2.05, 4.69) is 22.6 Å². The molecule has 1 unspecified atom stereocenters. The second kappa shape index (κ2) is 6.41. The molecule has 0 spiro atoms. The normalized spacial score (nSPS) is 16.8. The van der Waals surface area contributed by atoms with Gasteiger partial charge in [0.1, 0.15) is 0 Å². The predicted molar refractivity (Wildman–Crippen MR) is 77.6 cm³/mol. The topological polar surface area (TPSA) is 87.7 Å². The maximum atomic E-state index is 12.3. The van der Waals surface area contributed by atoms with Crippen LogP contribution in [0.4, 0.5) is 0 Å². The summed E-state index contributed by atoms with van der Waals surface area (Å²) in [6, 6.07) is 7.73. The zero-order chi connectivity index (χ0) is 14.5. The number of oxime groups is 1. The van der Waals surface area contributed by atoms with E-state index in [4.69, 9.17) is 10.9 Å². The van der Waals surface area contributed by atoms with Crippen LogP contribution in [0.15, 0.2) is 29.4 Å². The van der Waals surface area contributed by atoms with Crippen molar-refractivity contribution in [3.05, 3.63) is 35.4 Å². The highest BCUT2D eigenvalue weighted by Crippen LogP contribution is 2.26. The van der Waals surface area contributed by atoms with Crippen molar-refractivity contribution >= 4 is 11.7 Å². The molecule has 0 aromatic heterocycles. The molecule has 4 N–H and O–H groups in total. The van der Waals surface area contributed by atoms with Gasteiger partial charge in [0.15, 0.2) is 5.84 Å². The molecule has 1 aromatic rings. The summed E-state index contributed by atoms with van der Waals surface area (Å²) in [7, 11) is 0. The number of rotatable bonds is 5. The van der Waals surface area contributed by atoms with Crippen LogP contribution in [-0.2, 0) is 17.6 Å². The quantitative estimate of drug-likeness (QED) is 0.329. The average Bonchev–Trinajstić information content (AvgIpc) is 2.90. The van der Waals surface area contributed by atoms with Crippen molar-refractivity contribution in [2.75, 3.05) is 0 Å². The third-order valence-electron chi connectivity index (χ3n) is 3.79. The predicted octanol–water partition coefficient (Wildman–Crippen LogP) is 1.43. The number of nitrogens with two attached hydrogens (primary N) is 1. The van der Waals surface area contributed by atoms with Gasteiger partial charge < -0.3 is 16.3 Å². The lowest BCUT2D eigenvalue weighted by molar-refractivity contribution is -0.125. The van der Waals surface area contributed by atoms with Gasteiger partial charge in [-0.1, -0.05) is 42.8 Å². The van der Waals surface area contributed by atoms with Crippen LogP contribution in [0.5, 0.6) is 0 Å². The van der Waals surface area contributed by atoms with Crippen LogP contribution in [0.2, 0.25) is 0 Å². The summed E-state index contributed by atoms with van der Waals surface area (Å²) in [4.78, 5) is 12.3. The second-order valence-electron chi connectivity index (χ2n) is 5.25. The fourth-order valence-electron chi connectivity index (χ4n) is 2.69. The van der Waals surface area contributed by atoms with E-state index in [0.717, 1.165) is 19.3 Å². The van der Waals surface area contributed by atoms with E-state index < -0.39 is 0 Å². The van der Waals surface area contributed by atoms with Gasteiger partial charge in [-0.3, -0.25) is 4.79 Å². The third kappa shape index (κ3) is 3.10. The number of carbonyl (C=O) groups is 1. The van der Waals surface area contributed by atoms with Gasteiger partial charge in [0.05, 0.1) is 6.04 Å². The minimum absolute atomic E-state index is 0.0220. The third-order valence-corrected chi connectivity index (χ3v) is 3.79. The van der Waals surface area contributed by atoms with Gasteiger partial charge in [-0.15, -0.1) is 0 Å². The van der Waals surface area contributed by atoms with Crippen molar-refractivity contribution in [3.63, 3.8) is 0 Å². The largest absolute Gasteiger partial charge is 0.409 e. The van der Waals surface area contributed by atoms with E-state index in [9.17, 15) is 4.79 Å². The zero-order valence-corrected chi connectivity index (χ0v) is 11.7. The first-order valence-corrected chi connectivity index (χ1v) is 7.00. The SMILES string of the molecule is CCCC(NC(=O)C1Cc2ccccc2C1)/C(N)=N/O. The summed E-state index contributed by atoms with van der Waals surface area (Å²) < 4.78 is 0. The van der Waals surface area contributed by atoms with Crippen molar-refractivity contribution < 1.29 is 10.0 Å². The highest BCUT2D eigenvalue weighted by atomic mass is 16.4. The number of amides is 1. The molecule has 0 radical (unpaired) electrons. The summed E-state index contributed by atoms with van der Waals surface area (Å²) in [6.45, 7) is 2.00. The molecule has 5 heteroatoms. The summed E-state index contributed by atoms with van der Waals surface area (Å²) in [5.74, 6) is -0.0137. The highest BCUT2D eigenvalue weighted by Gasteiger charge is 2.29. The Bertz CT molecular complexity index is 489. The van der Waals surface area contributed by atoms with E-state index in [1.165, 1.54) is 11.1 Å². The number of carbonyl (C=O) groups excluding carboxylic acids is 1. The molecule has 0 bridgehead atoms. The van der Waals surface area contributed by atoms with E-state index in [1.54, 1.807) is 0 Å². The summed E-state index contributed by atoms with van der Waals surface area (Å²) in [5.41, 5.74) is 8.10. The van der Waals surface area contributed by atoms with Gasteiger partial charge in [-0.25, -0.2) is 0 Å². The van der Waals surface area contributed by atoms with Crippen molar-refractivity contribution in [1.82, 2.24) is 5.32 Å². The molecular formula is C15H21N3O2. The number of amidine groups is 1. The van der Waals surface area contributed by atoms with Gasteiger partial charge in [0.25, 0.3) is 0 Å². The van der Waals surface area contributed by atoms with Gasteiger partial charge >= 0.3 is 0 Å². The summed E-state index contributed by atoms with van der Waals surface area (Å²) >= 11 is 0. The Morgan fingerprint density at radius 3 is 2.55 bits per heavy atom. The molecule has 1 aromatic carbocycles. The number of fused-ring (bicyclic) bond motifs is 1. The Morgan fingerprint density at radius 2 is 2.05 bits per heavy atom. The van der Waals surface area contributed by atoms with Crippen LogP contribution in [0, 0.1) is 5.92 Å². The molecule has 0 aliphatic heterocycles. The number of hydrogen-bond acceptors (Lipinski definition) is 3. The maximum Gasteiger partial charge on any atom is 0.224 e. The molecule has 1 aliphatic rings. The van der Waals surface area contributed by atoms with Crippen LogP contribution >= 0.6 is 0 Å². The fourth-order valence-corrected chi connectivity index (χ4v) is 2.69. The summed E-state index contributed by atoms with van der Waals surface area (Å²) in [5, 5.41) is 14.7. The van der Waals surface area contributed by atoms with Gasteiger partial charge in [0.2, 0.25) is 5.91 Å². The lowest BCUT2D eigenvalue weighted by Crippen LogP contribution is -2.46. The van der Waals surface area contributed by atoms with Crippen LogP contribution in [0.3, 0.4) is 0 Å². The Hall–Kier alpha value is -2.04. The minimum atomic E-state index is -0.388. The average molecular weight is 275 g/mol. The van der Waals surface area contributed by atoms with Crippen molar-refractivity contribution in [3.8, 4) is 0 Å². The van der Waals surface area contributed by atoms with Gasteiger partial charge in [-0.05, 0) is 30.4 Å². The lowest BCUT2D eigenvalue weighted by Gasteiger charge is -2.19. The Morgan fingerprint density at radius 1 is 1.45 bits per heavy atom. The van der Waals surface area contributed by atoms with Crippen molar-refractivity contribution in [2.24, 2.45) is 16.8 Å². The molecule has 20 heavy (non-hydrogen) atoms. The number of nitrogens with zero attached hydrogens (tertiary/aromatic N) is 1. The van der Waals surface area contributed by atoms with Crippen LogP contribution in [-0.4, -0.2) is 23.0 Å². The monoisotopic (exact) mass is 275 g/mol. The molecule has 0 heterocycles. The summed E-state index contributed by atoms with van der Waals surface area (Å²) in [6.07, 6.45) is 3.04. The molecule has 2 rings (SSSR count). The second-order valence-corrected chi connectivity index (χ2v) is 5.25. The molecule has 1 aliphatic carbocycles. The molecule has 0 saturated carbocycles. The molecule has 108 valence electrons. The number of benzene rings is 1. The zero-order valence-electron chi connectivity index (χ0n) is 11.7. The van der Waals surface area contributed by atoms with Gasteiger partial charge in [0, 0.05) is 5.92 Å². The van der Waals surface area contributed by atoms with Crippen LogP contribution in [0.1, 0.15) is 30.9 Å². The Labute approximate surface area is 118 Å². The maximum absolute atomic E-state index is 12.3. The van der Waals surface area contributed by atoms with Crippen molar-refractivity contribution in [2.45, 2.75) is 38.6 Å². The minimum Gasteiger partial charge on any atom is -0.409 e. The standard InChI is InChI=1S/C15H21N3O2/c1-2-5-13(14(16)18-20)17-15(19)12-8-10-6-3-4-7-11(10)9-12/h3-4,6-7,12-13,20H,2,5,8-9H2,1H3,(H2,16,18)(H,17,19). The van der Waals surface area contributed by atoms with E-state index in [0.29, 0.717) is 6.42 Å².